The van der Waals surface area contributed by atoms with Crippen LogP contribution in [0.2, 0.25) is 0 Å². The lowest BCUT2D eigenvalue weighted by Gasteiger charge is -2.28. The molecule has 0 aliphatic carbocycles. The maximum absolute atomic E-state index is 5.60. The molecular weight excluding hydrogens is 230 g/mol. The second-order valence-electron chi connectivity index (χ2n) is 5.19. The smallest absolute Gasteiger partial charge is 0.0957 e. The monoisotopic (exact) mass is 253 g/mol. The Morgan fingerprint density at radius 2 is 2.47 bits per heavy atom. The molecule has 2 atom stereocenters. The fraction of sp³-hybridized carbons (Fsp3) is 0.769. The Morgan fingerprint density at radius 3 is 3.18 bits per heavy atom. The standard InChI is InChI=1S/C13H23N3S/c1-10(5-6-14)13-15-12(9-17-13)11-4-3-7-16(2)8-11/h9-11H,3-8,14H2,1-2H3. The molecular formula is C13H23N3S. The van der Waals surface area contributed by atoms with Crippen LogP contribution < -0.4 is 5.73 Å². The highest BCUT2D eigenvalue weighted by atomic mass is 32.1. The number of nitrogens with two attached hydrogens (primary N) is 1. The molecule has 1 saturated heterocycles. The highest BCUT2D eigenvalue weighted by Gasteiger charge is 2.21. The van der Waals surface area contributed by atoms with Crippen molar-refractivity contribution in [1.29, 1.82) is 0 Å². The number of nitrogens with zero attached hydrogens (tertiary/aromatic N) is 2. The number of hydrogen-bond acceptors (Lipinski definition) is 4. The van der Waals surface area contributed by atoms with Crippen molar-refractivity contribution in [2.45, 2.75) is 38.0 Å². The molecule has 3 nitrogen and oxygen atoms in total. The number of likely N-dealkylation sites (N-methyl/N-ethyl adjacent to an activating group) is 1. The zero-order chi connectivity index (χ0) is 12.3. The maximum Gasteiger partial charge on any atom is 0.0957 e. The van der Waals surface area contributed by atoms with Crippen molar-refractivity contribution >= 4 is 11.3 Å². The molecule has 1 aliphatic heterocycles. The van der Waals surface area contributed by atoms with Crippen LogP contribution >= 0.6 is 11.3 Å². The molecule has 1 fully saturated rings. The van der Waals surface area contributed by atoms with Crippen LogP contribution in [0.25, 0.3) is 0 Å². The van der Waals surface area contributed by atoms with Crippen LogP contribution in [-0.2, 0) is 0 Å². The molecule has 2 N–H and O–H groups in total. The molecule has 0 amide bonds. The van der Waals surface area contributed by atoms with E-state index in [2.05, 4.69) is 24.3 Å². The van der Waals surface area contributed by atoms with Gasteiger partial charge in [0.1, 0.15) is 0 Å². The van der Waals surface area contributed by atoms with Crippen molar-refractivity contribution in [2.24, 2.45) is 5.73 Å². The van der Waals surface area contributed by atoms with Gasteiger partial charge in [-0.05, 0) is 39.4 Å². The second kappa shape index (κ2) is 5.94. The minimum Gasteiger partial charge on any atom is -0.330 e. The third-order valence-electron chi connectivity index (χ3n) is 3.60. The predicted octanol–water partition coefficient (Wildman–Crippen LogP) is 2.40. The first-order valence-corrected chi connectivity index (χ1v) is 7.42. The number of rotatable bonds is 4. The van der Waals surface area contributed by atoms with Gasteiger partial charge in [0.15, 0.2) is 0 Å². The van der Waals surface area contributed by atoms with E-state index < -0.39 is 0 Å². The second-order valence-corrected chi connectivity index (χ2v) is 6.08. The lowest BCUT2D eigenvalue weighted by molar-refractivity contribution is 0.248. The summed E-state index contributed by atoms with van der Waals surface area (Å²) in [4.78, 5) is 7.24. The summed E-state index contributed by atoms with van der Waals surface area (Å²) in [6, 6.07) is 0. The maximum atomic E-state index is 5.60. The van der Waals surface area contributed by atoms with Gasteiger partial charge >= 0.3 is 0 Å². The Morgan fingerprint density at radius 1 is 1.65 bits per heavy atom. The van der Waals surface area contributed by atoms with Gasteiger partial charge in [0.25, 0.3) is 0 Å². The van der Waals surface area contributed by atoms with Gasteiger partial charge in [-0.25, -0.2) is 4.98 Å². The fourth-order valence-electron chi connectivity index (χ4n) is 2.50. The van der Waals surface area contributed by atoms with Gasteiger partial charge in [0, 0.05) is 23.8 Å². The van der Waals surface area contributed by atoms with Gasteiger partial charge in [0.05, 0.1) is 10.7 Å². The van der Waals surface area contributed by atoms with E-state index in [1.807, 2.05) is 11.3 Å². The van der Waals surface area contributed by atoms with E-state index >= 15 is 0 Å². The molecule has 2 heterocycles. The van der Waals surface area contributed by atoms with E-state index in [0.29, 0.717) is 11.8 Å². The summed E-state index contributed by atoms with van der Waals surface area (Å²) in [5.41, 5.74) is 6.91. The topological polar surface area (TPSA) is 42.1 Å². The normalized spacial score (nSPS) is 23.8. The van der Waals surface area contributed by atoms with Crippen molar-refractivity contribution in [3.05, 3.63) is 16.1 Å². The highest BCUT2D eigenvalue weighted by Crippen LogP contribution is 2.30. The average molecular weight is 253 g/mol. The summed E-state index contributed by atoms with van der Waals surface area (Å²) in [6.45, 7) is 5.37. The Hall–Kier alpha value is -0.450. The highest BCUT2D eigenvalue weighted by molar-refractivity contribution is 7.09. The minimum atomic E-state index is 0.514. The average Bonchev–Trinajstić information content (AvgIpc) is 2.78. The lowest BCUT2D eigenvalue weighted by Crippen LogP contribution is -2.30. The molecule has 0 aromatic carbocycles. The van der Waals surface area contributed by atoms with Gasteiger partial charge in [-0.15, -0.1) is 11.3 Å². The summed E-state index contributed by atoms with van der Waals surface area (Å²) in [7, 11) is 2.20. The van der Waals surface area contributed by atoms with E-state index in [9.17, 15) is 0 Å². The Labute approximate surface area is 108 Å². The van der Waals surface area contributed by atoms with Crippen LogP contribution in [0, 0.1) is 0 Å². The first kappa shape index (κ1) is 13.0. The third-order valence-corrected chi connectivity index (χ3v) is 4.70. The van der Waals surface area contributed by atoms with Crippen LogP contribution in [0.3, 0.4) is 0 Å². The minimum absolute atomic E-state index is 0.514. The van der Waals surface area contributed by atoms with Crippen molar-refractivity contribution in [3.8, 4) is 0 Å². The van der Waals surface area contributed by atoms with Gasteiger partial charge in [-0.1, -0.05) is 6.92 Å². The van der Waals surface area contributed by atoms with E-state index in [-0.39, 0.29) is 0 Å². The van der Waals surface area contributed by atoms with Crippen LogP contribution in [0.5, 0.6) is 0 Å². The molecule has 1 aliphatic rings. The zero-order valence-electron chi connectivity index (χ0n) is 10.9. The molecule has 0 bridgehead atoms. The van der Waals surface area contributed by atoms with E-state index in [0.717, 1.165) is 19.5 Å². The quantitative estimate of drug-likeness (QED) is 0.896. The Kier molecular flexibility index (Phi) is 4.54. The van der Waals surface area contributed by atoms with Crippen LogP contribution in [0.4, 0.5) is 0 Å². The van der Waals surface area contributed by atoms with E-state index in [4.69, 9.17) is 10.7 Å². The summed E-state index contributed by atoms with van der Waals surface area (Å²) in [5, 5.41) is 3.52. The lowest BCUT2D eigenvalue weighted by atomic mass is 9.96. The first-order valence-electron chi connectivity index (χ1n) is 6.54. The molecule has 2 unspecified atom stereocenters. The van der Waals surface area contributed by atoms with Crippen LogP contribution in [0.15, 0.2) is 5.38 Å². The molecule has 1 aromatic rings. The molecule has 0 saturated carbocycles. The fourth-order valence-corrected chi connectivity index (χ4v) is 3.49. The summed E-state index contributed by atoms with van der Waals surface area (Å²) < 4.78 is 0. The zero-order valence-corrected chi connectivity index (χ0v) is 11.7. The van der Waals surface area contributed by atoms with Crippen molar-refractivity contribution in [2.75, 3.05) is 26.7 Å². The largest absolute Gasteiger partial charge is 0.330 e. The molecule has 17 heavy (non-hydrogen) atoms. The van der Waals surface area contributed by atoms with E-state index in [1.165, 1.54) is 30.1 Å². The molecule has 4 heteroatoms. The SMILES string of the molecule is CC(CCN)c1nc(C2CCCN(C)C2)cs1. The Balaban J connectivity index is 2.02. The summed E-state index contributed by atoms with van der Waals surface area (Å²) in [6.07, 6.45) is 3.63. The van der Waals surface area contributed by atoms with Gasteiger partial charge in [-0.3, -0.25) is 0 Å². The van der Waals surface area contributed by atoms with Crippen LogP contribution in [0.1, 0.15) is 48.7 Å². The van der Waals surface area contributed by atoms with Gasteiger partial charge < -0.3 is 10.6 Å². The molecule has 0 radical (unpaired) electrons. The van der Waals surface area contributed by atoms with Gasteiger partial charge in [0.2, 0.25) is 0 Å². The predicted molar refractivity (Wildman–Crippen MR) is 73.7 cm³/mol. The molecule has 0 spiro atoms. The summed E-state index contributed by atoms with van der Waals surface area (Å²) >= 11 is 1.81. The summed E-state index contributed by atoms with van der Waals surface area (Å²) in [5.74, 6) is 1.16. The number of aromatic nitrogens is 1. The first-order chi connectivity index (χ1) is 8.20. The number of thiazole rings is 1. The van der Waals surface area contributed by atoms with Gasteiger partial charge in [-0.2, -0.15) is 0 Å². The molecule has 1 aromatic heterocycles. The van der Waals surface area contributed by atoms with Crippen molar-refractivity contribution < 1.29 is 0 Å². The third kappa shape index (κ3) is 3.27. The van der Waals surface area contributed by atoms with Crippen LogP contribution in [-0.4, -0.2) is 36.6 Å². The number of piperidine rings is 1. The van der Waals surface area contributed by atoms with Crippen molar-refractivity contribution in [3.63, 3.8) is 0 Å². The molecule has 2 rings (SSSR count). The van der Waals surface area contributed by atoms with Crippen molar-refractivity contribution in [1.82, 2.24) is 9.88 Å². The molecule has 96 valence electrons. The number of hydrogen-bond donors (Lipinski definition) is 1. The number of likely N-dealkylation sites (tertiary alicyclic amines) is 1. The Bertz CT molecular complexity index is 350. The van der Waals surface area contributed by atoms with E-state index in [1.54, 1.807) is 0 Å².